The molecule has 0 fully saturated rings. The van der Waals surface area contributed by atoms with Crippen molar-refractivity contribution in [1.29, 1.82) is 0 Å². The fourth-order valence-electron chi connectivity index (χ4n) is 1.54. The maximum Gasteiger partial charge on any atom is 0.250 e. The number of hydrogen-bond donors (Lipinski definition) is 0. The summed E-state index contributed by atoms with van der Waals surface area (Å²) in [5, 5.41) is 0. The van der Waals surface area contributed by atoms with Gasteiger partial charge in [-0.1, -0.05) is 18.2 Å². The van der Waals surface area contributed by atoms with Crippen LogP contribution in [0.15, 0.2) is 41.3 Å². The lowest BCUT2D eigenvalue weighted by Crippen LogP contribution is -2.37. The molecule has 0 N–H and O–H groups in total. The molecule has 0 unspecified atom stereocenters. The standard InChI is InChI=1S/C13H18N2O2/c1-4-14(9-11(2)3)13(17)10-15-8-6-5-7-12(15)16/h5-8H,2,4,9-10H2,1,3H3. The molecule has 0 saturated carbocycles. The Kier molecular flexibility index (Phi) is 4.69. The van der Waals surface area contributed by atoms with E-state index in [0.717, 1.165) is 5.57 Å². The zero-order chi connectivity index (χ0) is 12.8. The lowest BCUT2D eigenvalue weighted by molar-refractivity contribution is -0.131. The Morgan fingerprint density at radius 1 is 1.47 bits per heavy atom. The van der Waals surface area contributed by atoms with Crippen molar-refractivity contribution in [2.24, 2.45) is 0 Å². The van der Waals surface area contributed by atoms with Crippen molar-refractivity contribution < 1.29 is 4.79 Å². The summed E-state index contributed by atoms with van der Waals surface area (Å²) in [6.45, 7) is 8.82. The molecule has 0 aromatic carbocycles. The highest BCUT2D eigenvalue weighted by molar-refractivity contribution is 5.76. The molecule has 17 heavy (non-hydrogen) atoms. The van der Waals surface area contributed by atoms with E-state index in [1.807, 2.05) is 13.8 Å². The number of hydrogen-bond acceptors (Lipinski definition) is 2. The number of nitrogens with zero attached hydrogens (tertiary/aromatic N) is 2. The average Bonchev–Trinajstić information content (AvgIpc) is 2.28. The van der Waals surface area contributed by atoms with Crippen LogP contribution in [0.4, 0.5) is 0 Å². The minimum absolute atomic E-state index is 0.0659. The normalized spacial score (nSPS) is 10.0. The second-order valence-electron chi connectivity index (χ2n) is 4.03. The maximum atomic E-state index is 12.0. The molecule has 0 atom stereocenters. The second-order valence-corrected chi connectivity index (χ2v) is 4.03. The first-order valence-corrected chi connectivity index (χ1v) is 5.62. The monoisotopic (exact) mass is 234 g/mol. The van der Waals surface area contributed by atoms with E-state index in [2.05, 4.69) is 6.58 Å². The van der Waals surface area contributed by atoms with Crippen LogP contribution in [0, 0.1) is 0 Å². The summed E-state index contributed by atoms with van der Waals surface area (Å²) >= 11 is 0. The van der Waals surface area contributed by atoms with Crippen molar-refractivity contribution in [3.05, 3.63) is 46.9 Å². The molecular weight excluding hydrogens is 216 g/mol. The number of pyridine rings is 1. The average molecular weight is 234 g/mol. The van der Waals surface area contributed by atoms with Gasteiger partial charge in [-0.05, 0) is 19.9 Å². The van der Waals surface area contributed by atoms with Crippen LogP contribution in [-0.4, -0.2) is 28.5 Å². The number of amides is 1. The van der Waals surface area contributed by atoms with Gasteiger partial charge in [-0.15, -0.1) is 0 Å². The molecule has 1 heterocycles. The Labute approximate surface area is 101 Å². The third-order valence-corrected chi connectivity index (χ3v) is 2.40. The molecule has 1 amide bonds. The van der Waals surface area contributed by atoms with Crippen molar-refractivity contribution in [2.75, 3.05) is 13.1 Å². The fourth-order valence-corrected chi connectivity index (χ4v) is 1.54. The minimum Gasteiger partial charge on any atom is -0.337 e. The number of rotatable bonds is 5. The van der Waals surface area contributed by atoms with Gasteiger partial charge in [0.1, 0.15) is 6.54 Å². The van der Waals surface area contributed by atoms with Crippen molar-refractivity contribution in [1.82, 2.24) is 9.47 Å². The van der Waals surface area contributed by atoms with Crippen LogP contribution in [0.2, 0.25) is 0 Å². The second kappa shape index (κ2) is 6.03. The topological polar surface area (TPSA) is 42.3 Å². The van der Waals surface area contributed by atoms with Gasteiger partial charge in [-0.3, -0.25) is 9.59 Å². The molecular formula is C13H18N2O2. The number of likely N-dealkylation sites (N-methyl/N-ethyl adjacent to an activating group) is 1. The van der Waals surface area contributed by atoms with Gasteiger partial charge in [-0.2, -0.15) is 0 Å². The van der Waals surface area contributed by atoms with Crippen LogP contribution in [0.1, 0.15) is 13.8 Å². The first kappa shape index (κ1) is 13.2. The van der Waals surface area contributed by atoms with Crippen molar-refractivity contribution in [2.45, 2.75) is 20.4 Å². The first-order chi connectivity index (χ1) is 8.04. The molecule has 0 saturated heterocycles. The fraction of sp³-hybridized carbons (Fsp3) is 0.385. The predicted octanol–water partition coefficient (Wildman–Crippen LogP) is 1.27. The van der Waals surface area contributed by atoms with E-state index < -0.39 is 0 Å². The molecule has 0 aliphatic rings. The molecule has 1 rings (SSSR count). The Balaban J connectivity index is 2.74. The Bertz CT molecular complexity index is 462. The minimum atomic E-state index is -0.160. The predicted molar refractivity (Wildman–Crippen MR) is 67.8 cm³/mol. The highest BCUT2D eigenvalue weighted by atomic mass is 16.2. The summed E-state index contributed by atoms with van der Waals surface area (Å²) in [4.78, 5) is 25.1. The molecule has 0 bridgehead atoms. The quantitative estimate of drug-likeness (QED) is 0.720. The third kappa shape index (κ3) is 3.90. The summed E-state index contributed by atoms with van der Waals surface area (Å²) in [6, 6.07) is 4.85. The summed E-state index contributed by atoms with van der Waals surface area (Å²) in [6.07, 6.45) is 1.62. The van der Waals surface area contributed by atoms with Gasteiger partial charge in [0.15, 0.2) is 0 Å². The highest BCUT2D eigenvalue weighted by Crippen LogP contribution is 1.98. The van der Waals surface area contributed by atoms with Crippen molar-refractivity contribution in [3.8, 4) is 0 Å². The lowest BCUT2D eigenvalue weighted by atomic mass is 10.3. The van der Waals surface area contributed by atoms with Gasteiger partial charge in [-0.25, -0.2) is 0 Å². The molecule has 0 radical (unpaired) electrons. The summed E-state index contributed by atoms with van der Waals surface area (Å²) in [5.41, 5.74) is 0.771. The molecule has 1 aromatic heterocycles. The largest absolute Gasteiger partial charge is 0.337 e. The Morgan fingerprint density at radius 3 is 2.71 bits per heavy atom. The van der Waals surface area contributed by atoms with Crippen molar-refractivity contribution in [3.63, 3.8) is 0 Å². The SMILES string of the molecule is C=C(C)CN(CC)C(=O)Cn1ccccc1=O. The van der Waals surface area contributed by atoms with Crippen LogP contribution < -0.4 is 5.56 Å². The Hall–Kier alpha value is -1.84. The van der Waals surface area contributed by atoms with Crippen LogP contribution in [-0.2, 0) is 11.3 Å². The molecule has 92 valence electrons. The number of aromatic nitrogens is 1. The van der Waals surface area contributed by atoms with Gasteiger partial charge in [0, 0.05) is 25.4 Å². The summed E-state index contributed by atoms with van der Waals surface area (Å²) in [7, 11) is 0. The van der Waals surface area contributed by atoms with Crippen LogP contribution in [0.3, 0.4) is 0 Å². The van der Waals surface area contributed by atoms with E-state index in [1.165, 1.54) is 10.6 Å². The first-order valence-electron chi connectivity index (χ1n) is 5.62. The lowest BCUT2D eigenvalue weighted by Gasteiger charge is -2.21. The van der Waals surface area contributed by atoms with Crippen molar-refractivity contribution >= 4 is 5.91 Å². The van der Waals surface area contributed by atoms with Gasteiger partial charge in [0.2, 0.25) is 5.91 Å². The van der Waals surface area contributed by atoms with Crippen LogP contribution in [0.5, 0.6) is 0 Å². The van der Waals surface area contributed by atoms with E-state index in [1.54, 1.807) is 23.2 Å². The van der Waals surface area contributed by atoms with Crippen LogP contribution in [0.25, 0.3) is 0 Å². The molecule has 0 spiro atoms. The number of carbonyl (C=O) groups excluding carboxylic acids is 1. The summed E-state index contributed by atoms with van der Waals surface area (Å²) < 4.78 is 1.41. The molecule has 4 heteroatoms. The van der Waals surface area contributed by atoms with E-state index in [0.29, 0.717) is 13.1 Å². The van der Waals surface area contributed by atoms with Crippen LogP contribution >= 0.6 is 0 Å². The van der Waals surface area contributed by atoms with Gasteiger partial charge in [0.05, 0.1) is 0 Å². The van der Waals surface area contributed by atoms with Gasteiger partial charge in [0.25, 0.3) is 5.56 Å². The zero-order valence-electron chi connectivity index (χ0n) is 10.3. The zero-order valence-corrected chi connectivity index (χ0v) is 10.3. The highest BCUT2D eigenvalue weighted by Gasteiger charge is 2.12. The van der Waals surface area contributed by atoms with E-state index >= 15 is 0 Å². The molecule has 0 aliphatic heterocycles. The third-order valence-electron chi connectivity index (χ3n) is 2.40. The van der Waals surface area contributed by atoms with E-state index in [4.69, 9.17) is 0 Å². The smallest absolute Gasteiger partial charge is 0.250 e. The van der Waals surface area contributed by atoms with Gasteiger partial charge >= 0.3 is 0 Å². The maximum absolute atomic E-state index is 12.0. The molecule has 4 nitrogen and oxygen atoms in total. The number of carbonyl (C=O) groups is 1. The molecule has 1 aromatic rings. The van der Waals surface area contributed by atoms with Gasteiger partial charge < -0.3 is 9.47 Å². The van der Waals surface area contributed by atoms with E-state index in [-0.39, 0.29) is 18.0 Å². The molecule has 0 aliphatic carbocycles. The Morgan fingerprint density at radius 2 is 2.18 bits per heavy atom. The summed E-state index contributed by atoms with van der Waals surface area (Å²) in [5.74, 6) is -0.0659. The van der Waals surface area contributed by atoms with E-state index in [9.17, 15) is 9.59 Å².